The van der Waals surface area contributed by atoms with E-state index in [9.17, 15) is 9.90 Å². The van der Waals surface area contributed by atoms with Gasteiger partial charge in [-0.3, -0.25) is 10.1 Å². The molecule has 2 N–H and O–H groups in total. The number of carbonyl (C=O) groups is 1. The third-order valence-corrected chi connectivity index (χ3v) is 4.46. The van der Waals surface area contributed by atoms with Crippen LogP contribution in [0.4, 0.5) is 0 Å². The third-order valence-electron chi connectivity index (χ3n) is 3.38. The Morgan fingerprint density at radius 2 is 2.21 bits per heavy atom. The SMILES string of the molecule is CC(C)CC(NC1CSCc2ccccc21)C(=O)O. The number of rotatable bonds is 5. The highest BCUT2D eigenvalue weighted by Gasteiger charge is 2.26. The van der Waals surface area contributed by atoms with E-state index >= 15 is 0 Å². The molecule has 0 aliphatic carbocycles. The summed E-state index contributed by atoms with van der Waals surface area (Å²) in [6.45, 7) is 4.11. The van der Waals surface area contributed by atoms with Crippen molar-refractivity contribution >= 4 is 17.7 Å². The van der Waals surface area contributed by atoms with Gasteiger partial charge in [-0.15, -0.1) is 0 Å². The van der Waals surface area contributed by atoms with Crippen LogP contribution in [0.15, 0.2) is 24.3 Å². The van der Waals surface area contributed by atoms with Gasteiger partial charge < -0.3 is 5.11 Å². The van der Waals surface area contributed by atoms with Gasteiger partial charge in [-0.1, -0.05) is 38.1 Å². The molecule has 3 nitrogen and oxygen atoms in total. The molecule has 0 saturated carbocycles. The Morgan fingerprint density at radius 1 is 1.47 bits per heavy atom. The minimum absolute atomic E-state index is 0.148. The number of fused-ring (bicyclic) bond motifs is 1. The fourth-order valence-electron chi connectivity index (χ4n) is 2.47. The molecule has 0 bridgehead atoms. The first-order valence-electron chi connectivity index (χ1n) is 6.72. The van der Waals surface area contributed by atoms with Crippen molar-refractivity contribution in [1.29, 1.82) is 0 Å². The summed E-state index contributed by atoms with van der Waals surface area (Å²) in [5.41, 5.74) is 2.58. The molecule has 1 heterocycles. The molecule has 1 aromatic rings. The second-order valence-corrected chi connectivity index (χ2v) is 6.48. The maximum Gasteiger partial charge on any atom is 0.320 e. The molecule has 104 valence electrons. The molecule has 0 aromatic heterocycles. The predicted octanol–water partition coefficient (Wildman–Crippen LogP) is 3.06. The van der Waals surface area contributed by atoms with Crippen LogP contribution in [0.1, 0.15) is 37.4 Å². The molecular weight excluding hydrogens is 258 g/mol. The van der Waals surface area contributed by atoms with E-state index in [0.29, 0.717) is 12.3 Å². The Balaban J connectivity index is 2.12. The maximum atomic E-state index is 11.4. The quantitative estimate of drug-likeness (QED) is 0.869. The van der Waals surface area contributed by atoms with Crippen LogP contribution in [0.2, 0.25) is 0 Å². The van der Waals surface area contributed by atoms with Crippen LogP contribution >= 0.6 is 11.8 Å². The van der Waals surface area contributed by atoms with Crippen LogP contribution in [0.25, 0.3) is 0 Å². The molecule has 2 atom stereocenters. The van der Waals surface area contributed by atoms with Crippen molar-refractivity contribution in [2.75, 3.05) is 5.75 Å². The summed E-state index contributed by atoms with van der Waals surface area (Å²) in [7, 11) is 0. The van der Waals surface area contributed by atoms with Crippen molar-refractivity contribution < 1.29 is 9.90 Å². The van der Waals surface area contributed by atoms with Crippen LogP contribution in [-0.4, -0.2) is 22.9 Å². The van der Waals surface area contributed by atoms with Crippen molar-refractivity contribution in [1.82, 2.24) is 5.32 Å². The first kappa shape index (κ1) is 14.4. The number of aliphatic carboxylic acids is 1. The summed E-state index contributed by atoms with van der Waals surface area (Å²) in [6.07, 6.45) is 0.665. The molecule has 0 saturated heterocycles. The lowest BCUT2D eigenvalue weighted by molar-refractivity contribution is -0.140. The van der Waals surface area contributed by atoms with Crippen LogP contribution in [-0.2, 0) is 10.5 Å². The first-order chi connectivity index (χ1) is 9.08. The van der Waals surface area contributed by atoms with Gasteiger partial charge in [0.2, 0.25) is 0 Å². The lowest BCUT2D eigenvalue weighted by Crippen LogP contribution is -2.41. The second-order valence-electron chi connectivity index (χ2n) is 5.45. The smallest absolute Gasteiger partial charge is 0.320 e. The van der Waals surface area contributed by atoms with Crippen LogP contribution in [0, 0.1) is 5.92 Å². The monoisotopic (exact) mass is 279 g/mol. The fourth-order valence-corrected chi connectivity index (χ4v) is 3.59. The standard InChI is InChI=1S/C15H21NO2S/c1-10(2)7-13(15(17)18)16-14-9-19-8-11-5-3-4-6-12(11)14/h3-6,10,13-14,16H,7-9H2,1-2H3,(H,17,18). The normalized spacial score (nSPS) is 20.1. The molecule has 0 radical (unpaired) electrons. The van der Waals surface area contributed by atoms with Crippen molar-refractivity contribution in [2.24, 2.45) is 5.92 Å². The van der Waals surface area contributed by atoms with E-state index in [1.54, 1.807) is 0 Å². The molecular formula is C15H21NO2S. The van der Waals surface area contributed by atoms with Crippen molar-refractivity contribution in [3.8, 4) is 0 Å². The van der Waals surface area contributed by atoms with E-state index in [-0.39, 0.29) is 6.04 Å². The van der Waals surface area contributed by atoms with Gasteiger partial charge in [-0.25, -0.2) is 0 Å². The van der Waals surface area contributed by atoms with Gasteiger partial charge in [-0.2, -0.15) is 11.8 Å². The molecule has 0 fully saturated rings. The van der Waals surface area contributed by atoms with Crippen molar-refractivity contribution in [3.05, 3.63) is 35.4 Å². The predicted molar refractivity (Wildman–Crippen MR) is 79.4 cm³/mol. The van der Waals surface area contributed by atoms with E-state index < -0.39 is 12.0 Å². The Bertz CT molecular complexity index is 448. The topological polar surface area (TPSA) is 49.3 Å². The molecule has 2 unspecified atom stereocenters. The average Bonchev–Trinajstić information content (AvgIpc) is 2.37. The van der Waals surface area contributed by atoms with E-state index in [4.69, 9.17) is 0 Å². The minimum Gasteiger partial charge on any atom is -0.480 e. The van der Waals surface area contributed by atoms with E-state index in [0.717, 1.165) is 11.5 Å². The molecule has 0 spiro atoms. The zero-order valence-electron chi connectivity index (χ0n) is 11.4. The lowest BCUT2D eigenvalue weighted by atomic mass is 9.98. The molecule has 0 amide bonds. The first-order valence-corrected chi connectivity index (χ1v) is 7.87. The molecule has 19 heavy (non-hydrogen) atoms. The number of hydrogen-bond acceptors (Lipinski definition) is 3. The third kappa shape index (κ3) is 3.74. The largest absolute Gasteiger partial charge is 0.480 e. The Kier molecular flexibility index (Phi) is 4.88. The van der Waals surface area contributed by atoms with Gasteiger partial charge in [0.1, 0.15) is 6.04 Å². The number of carboxylic acids is 1. The molecule has 4 heteroatoms. The van der Waals surface area contributed by atoms with Gasteiger partial charge in [0.15, 0.2) is 0 Å². The Labute approximate surface area is 118 Å². The summed E-state index contributed by atoms with van der Waals surface area (Å²) in [5.74, 6) is 1.59. The van der Waals surface area contributed by atoms with Gasteiger partial charge in [0, 0.05) is 17.5 Å². The fraction of sp³-hybridized carbons (Fsp3) is 0.533. The summed E-state index contributed by atoms with van der Waals surface area (Å²) < 4.78 is 0. The number of hydrogen-bond donors (Lipinski definition) is 2. The van der Waals surface area contributed by atoms with Gasteiger partial charge in [0.05, 0.1) is 0 Å². The summed E-state index contributed by atoms with van der Waals surface area (Å²) in [6, 6.07) is 8.01. The zero-order chi connectivity index (χ0) is 13.8. The molecule has 1 aromatic carbocycles. The van der Waals surface area contributed by atoms with Crippen LogP contribution < -0.4 is 5.32 Å². The number of nitrogens with one attached hydrogen (secondary N) is 1. The molecule has 1 aliphatic heterocycles. The number of benzene rings is 1. The average molecular weight is 279 g/mol. The summed E-state index contributed by atoms with van der Waals surface area (Å²) >= 11 is 1.86. The molecule has 2 rings (SSSR count). The van der Waals surface area contributed by atoms with E-state index in [1.807, 2.05) is 23.9 Å². The highest BCUT2D eigenvalue weighted by molar-refractivity contribution is 7.98. The zero-order valence-corrected chi connectivity index (χ0v) is 12.2. The van der Waals surface area contributed by atoms with Crippen LogP contribution in [0.5, 0.6) is 0 Å². The van der Waals surface area contributed by atoms with E-state index in [1.165, 1.54) is 11.1 Å². The van der Waals surface area contributed by atoms with E-state index in [2.05, 4.69) is 31.3 Å². The minimum atomic E-state index is -0.748. The Hall–Kier alpha value is -1.00. The summed E-state index contributed by atoms with van der Waals surface area (Å²) in [4.78, 5) is 11.4. The highest BCUT2D eigenvalue weighted by atomic mass is 32.2. The van der Waals surface area contributed by atoms with Gasteiger partial charge in [0.25, 0.3) is 0 Å². The molecule has 1 aliphatic rings. The summed E-state index contributed by atoms with van der Waals surface area (Å²) in [5, 5.41) is 12.7. The van der Waals surface area contributed by atoms with Crippen molar-refractivity contribution in [2.45, 2.75) is 38.1 Å². The maximum absolute atomic E-state index is 11.4. The second kappa shape index (κ2) is 6.44. The lowest BCUT2D eigenvalue weighted by Gasteiger charge is -2.29. The number of carboxylic acid groups (broad SMARTS) is 1. The van der Waals surface area contributed by atoms with Crippen LogP contribution in [0.3, 0.4) is 0 Å². The highest BCUT2D eigenvalue weighted by Crippen LogP contribution is 2.32. The Morgan fingerprint density at radius 3 is 2.89 bits per heavy atom. The van der Waals surface area contributed by atoms with Gasteiger partial charge >= 0.3 is 5.97 Å². The number of thioether (sulfide) groups is 1. The van der Waals surface area contributed by atoms with Crippen molar-refractivity contribution in [3.63, 3.8) is 0 Å². The van der Waals surface area contributed by atoms with Gasteiger partial charge in [-0.05, 0) is 23.5 Å².